The molecule has 0 saturated heterocycles. The average molecular weight is 271 g/mol. The standard InChI is InChI=1S/C19H13NO/c21-19(20-12-6-1-7-13-20)18-16-10-4-2-8-14(16)15-9-3-5-11-17(15)18/h1-13H. The molecule has 0 unspecified atom stereocenters. The van der Waals surface area contributed by atoms with Gasteiger partial charge in [0, 0.05) is 17.7 Å². The van der Waals surface area contributed by atoms with Crippen LogP contribution in [0.15, 0.2) is 79.1 Å². The molecule has 1 aromatic heterocycles. The Bertz CT molecular complexity index is 803. The number of benzene rings is 2. The highest BCUT2D eigenvalue weighted by Crippen LogP contribution is 2.44. The van der Waals surface area contributed by atoms with Crippen molar-refractivity contribution in [2.75, 3.05) is 0 Å². The van der Waals surface area contributed by atoms with Crippen molar-refractivity contribution in [2.45, 2.75) is 0 Å². The number of hydrogen-bond acceptors (Lipinski definition) is 1. The summed E-state index contributed by atoms with van der Waals surface area (Å²) in [5, 5.41) is 12.9. The van der Waals surface area contributed by atoms with E-state index in [4.69, 9.17) is 0 Å². The minimum Gasteiger partial charge on any atom is -0.822 e. The number of pyridine rings is 1. The van der Waals surface area contributed by atoms with E-state index in [0.717, 1.165) is 27.8 Å². The molecule has 4 rings (SSSR count). The SMILES string of the molecule is [O-]C(=C1c2ccccc2-c2ccccc21)[n+]1ccccc1. The van der Waals surface area contributed by atoms with Crippen molar-refractivity contribution in [2.24, 2.45) is 0 Å². The molecule has 0 atom stereocenters. The van der Waals surface area contributed by atoms with Gasteiger partial charge in [0.15, 0.2) is 18.3 Å². The molecular weight excluding hydrogens is 258 g/mol. The number of rotatable bonds is 1. The lowest BCUT2D eigenvalue weighted by Crippen LogP contribution is -2.38. The molecule has 0 spiro atoms. The van der Waals surface area contributed by atoms with Gasteiger partial charge in [-0.1, -0.05) is 54.6 Å². The highest BCUT2D eigenvalue weighted by Gasteiger charge is 2.25. The van der Waals surface area contributed by atoms with Crippen LogP contribution in [0, 0.1) is 0 Å². The highest BCUT2D eigenvalue weighted by molar-refractivity contribution is 6.04. The Labute approximate surface area is 123 Å². The van der Waals surface area contributed by atoms with Gasteiger partial charge in [-0.2, -0.15) is 4.57 Å². The Morgan fingerprint density at radius 1 is 0.619 bits per heavy atom. The largest absolute Gasteiger partial charge is 0.822 e. The number of aromatic nitrogens is 1. The Morgan fingerprint density at radius 3 is 1.62 bits per heavy atom. The predicted molar refractivity (Wildman–Crippen MR) is 80.7 cm³/mol. The van der Waals surface area contributed by atoms with Gasteiger partial charge in [0.1, 0.15) is 0 Å². The van der Waals surface area contributed by atoms with Gasteiger partial charge in [-0.25, -0.2) is 0 Å². The zero-order chi connectivity index (χ0) is 14.2. The van der Waals surface area contributed by atoms with Crippen molar-refractivity contribution < 1.29 is 9.67 Å². The van der Waals surface area contributed by atoms with Crippen LogP contribution in [-0.2, 0) is 0 Å². The van der Waals surface area contributed by atoms with E-state index in [0.29, 0.717) is 0 Å². The van der Waals surface area contributed by atoms with Gasteiger partial charge >= 0.3 is 0 Å². The molecule has 100 valence electrons. The van der Waals surface area contributed by atoms with Crippen molar-refractivity contribution in [3.8, 4) is 11.1 Å². The summed E-state index contributed by atoms with van der Waals surface area (Å²) in [4.78, 5) is 0. The van der Waals surface area contributed by atoms with E-state index in [1.54, 1.807) is 17.0 Å². The second kappa shape index (κ2) is 4.60. The van der Waals surface area contributed by atoms with E-state index in [1.807, 2.05) is 54.6 Å². The van der Waals surface area contributed by atoms with Crippen LogP contribution in [0.5, 0.6) is 0 Å². The first kappa shape index (κ1) is 11.9. The van der Waals surface area contributed by atoms with Gasteiger partial charge in [0.25, 0.3) is 0 Å². The van der Waals surface area contributed by atoms with Crippen LogP contribution in [0.2, 0.25) is 0 Å². The first-order chi connectivity index (χ1) is 10.4. The molecule has 0 saturated carbocycles. The number of hydrogen-bond donors (Lipinski definition) is 0. The summed E-state index contributed by atoms with van der Waals surface area (Å²) in [7, 11) is 0. The lowest BCUT2D eigenvalue weighted by molar-refractivity contribution is -0.651. The molecule has 2 aromatic carbocycles. The summed E-state index contributed by atoms with van der Waals surface area (Å²) in [6, 6.07) is 21.8. The van der Waals surface area contributed by atoms with Crippen LogP contribution in [-0.4, -0.2) is 0 Å². The molecule has 0 radical (unpaired) electrons. The zero-order valence-corrected chi connectivity index (χ0v) is 11.4. The zero-order valence-electron chi connectivity index (χ0n) is 11.4. The molecule has 1 heterocycles. The van der Waals surface area contributed by atoms with Crippen molar-refractivity contribution in [3.05, 3.63) is 90.3 Å². The Hall–Kier alpha value is -2.87. The Balaban J connectivity index is 2.06. The minimum atomic E-state index is 0.00741. The second-order valence-corrected chi connectivity index (χ2v) is 5.05. The van der Waals surface area contributed by atoms with Gasteiger partial charge in [-0.15, -0.1) is 0 Å². The normalized spacial score (nSPS) is 11.9. The topological polar surface area (TPSA) is 26.9 Å². The summed E-state index contributed by atoms with van der Waals surface area (Å²) in [6.07, 6.45) is 3.58. The molecule has 1 aliphatic rings. The quantitative estimate of drug-likeness (QED) is 0.386. The maximum Gasteiger partial charge on any atom is 0.173 e. The van der Waals surface area contributed by atoms with Gasteiger partial charge in [0.2, 0.25) is 0 Å². The number of fused-ring (bicyclic) bond motifs is 3. The van der Waals surface area contributed by atoms with Crippen LogP contribution in [0.3, 0.4) is 0 Å². The smallest absolute Gasteiger partial charge is 0.173 e. The molecule has 1 aliphatic carbocycles. The Kier molecular flexibility index (Phi) is 2.61. The minimum absolute atomic E-state index is 0.00741. The maximum atomic E-state index is 12.9. The van der Waals surface area contributed by atoms with Crippen LogP contribution < -0.4 is 9.67 Å². The second-order valence-electron chi connectivity index (χ2n) is 5.05. The molecule has 0 bridgehead atoms. The lowest BCUT2D eigenvalue weighted by Gasteiger charge is -2.11. The fourth-order valence-corrected chi connectivity index (χ4v) is 2.91. The maximum absolute atomic E-state index is 12.9. The first-order valence-corrected chi connectivity index (χ1v) is 6.93. The Morgan fingerprint density at radius 2 is 1.10 bits per heavy atom. The molecule has 3 aromatic rings. The van der Waals surface area contributed by atoms with E-state index in [2.05, 4.69) is 12.1 Å². The molecule has 0 N–H and O–H groups in total. The molecule has 2 nitrogen and oxygen atoms in total. The van der Waals surface area contributed by atoms with E-state index >= 15 is 0 Å². The van der Waals surface area contributed by atoms with Crippen molar-refractivity contribution >= 4 is 11.5 Å². The number of nitrogens with zero attached hydrogens (tertiary/aromatic N) is 1. The summed E-state index contributed by atoms with van der Waals surface area (Å²) in [5.74, 6) is 0.00741. The first-order valence-electron chi connectivity index (χ1n) is 6.93. The fourth-order valence-electron chi connectivity index (χ4n) is 2.91. The highest BCUT2D eigenvalue weighted by atomic mass is 16.3. The third-order valence-electron chi connectivity index (χ3n) is 3.85. The molecule has 0 amide bonds. The monoisotopic (exact) mass is 271 g/mol. The lowest BCUT2D eigenvalue weighted by atomic mass is 10.0. The van der Waals surface area contributed by atoms with E-state index in [9.17, 15) is 5.11 Å². The van der Waals surface area contributed by atoms with Gasteiger partial charge < -0.3 is 5.11 Å². The summed E-state index contributed by atoms with van der Waals surface area (Å²) in [6.45, 7) is 0. The van der Waals surface area contributed by atoms with Crippen molar-refractivity contribution in [3.63, 3.8) is 0 Å². The van der Waals surface area contributed by atoms with Gasteiger partial charge in [-0.3, -0.25) is 0 Å². The van der Waals surface area contributed by atoms with Gasteiger partial charge in [0.05, 0.1) is 0 Å². The molecule has 21 heavy (non-hydrogen) atoms. The van der Waals surface area contributed by atoms with Crippen LogP contribution in [0.25, 0.3) is 22.6 Å². The molecule has 2 heteroatoms. The van der Waals surface area contributed by atoms with E-state index in [1.165, 1.54) is 0 Å². The summed E-state index contributed by atoms with van der Waals surface area (Å²) < 4.78 is 1.63. The van der Waals surface area contributed by atoms with Crippen LogP contribution in [0.1, 0.15) is 11.1 Å². The van der Waals surface area contributed by atoms with Crippen LogP contribution in [0.4, 0.5) is 0 Å². The average Bonchev–Trinajstić information content (AvgIpc) is 2.90. The summed E-state index contributed by atoms with van der Waals surface area (Å²) >= 11 is 0. The van der Waals surface area contributed by atoms with E-state index in [-0.39, 0.29) is 5.88 Å². The van der Waals surface area contributed by atoms with Crippen LogP contribution >= 0.6 is 0 Å². The molecular formula is C19H13NO. The van der Waals surface area contributed by atoms with Crippen molar-refractivity contribution in [1.29, 1.82) is 0 Å². The predicted octanol–water partition coefficient (Wildman–Crippen LogP) is 2.69. The summed E-state index contributed by atoms with van der Waals surface area (Å²) in [5.41, 5.74) is 5.07. The van der Waals surface area contributed by atoms with Gasteiger partial charge in [-0.05, 0) is 22.3 Å². The van der Waals surface area contributed by atoms with Crippen molar-refractivity contribution in [1.82, 2.24) is 0 Å². The molecule has 0 aliphatic heterocycles. The molecule has 0 fully saturated rings. The van der Waals surface area contributed by atoms with E-state index < -0.39 is 0 Å². The fraction of sp³-hybridized carbons (Fsp3) is 0. The third-order valence-corrected chi connectivity index (χ3v) is 3.85. The third kappa shape index (κ3) is 1.77.